The molecule has 0 heterocycles. The Morgan fingerprint density at radius 1 is 0.684 bits per heavy atom. The van der Waals surface area contributed by atoms with Gasteiger partial charge in [-0.2, -0.15) is 11.8 Å². The maximum absolute atomic E-state index is 2.54. The Morgan fingerprint density at radius 3 is 1.79 bits per heavy atom. The van der Waals surface area contributed by atoms with Crippen LogP contribution in [0.25, 0.3) is 0 Å². The summed E-state index contributed by atoms with van der Waals surface area (Å²) in [5.74, 6) is 3.05. The second-order valence-corrected chi connectivity index (χ2v) is 18.3. The summed E-state index contributed by atoms with van der Waals surface area (Å²) in [6.45, 7) is 33.9. The molecule has 220 valence electrons. The minimum atomic E-state index is 0.234. The standard InChI is InChI=1S/C37H66S/c1-28(26-31(4)38-34(6,7)8)25-29(2)32(5)30(3)27-36(11,12)24-23-35(9,10)21-18-22-37(13,14)33-19-16-15-17-20-33/h15-17,19-20,23-24,28-32H,18,21-22,25-27H2,1-14H3/b24-23-. The van der Waals surface area contributed by atoms with Crippen molar-refractivity contribution in [2.24, 2.45) is 34.5 Å². The first kappa shape index (κ1) is 35.3. The van der Waals surface area contributed by atoms with E-state index in [0.717, 1.165) is 28.9 Å². The van der Waals surface area contributed by atoms with Crippen LogP contribution in [0.4, 0.5) is 0 Å². The molecule has 0 amide bonds. The predicted octanol–water partition coefficient (Wildman–Crippen LogP) is 12.4. The van der Waals surface area contributed by atoms with Crippen LogP contribution in [-0.2, 0) is 5.41 Å². The molecule has 0 aliphatic heterocycles. The van der Waals surface area contributed by atoms with Gasteiger partial charge in [-0.15, -0.1) is 0 Å². The fourth-order valence-corrected chi connectivity index (χ4v) is 7.99. The van der Waals surface area contributed by atoms with Gasteiger partial charge in [0.2, 0.25) is 0 Å². The molecule has 1 aromatic rings. The highest BCUT2D eigenvalue weighted by Gasteiger charge is 2.28. The van der Waals surface area contributed by atoms with E-state index in [-0.39, 0.29) is 16.2 Å². The van der Waals surface area contributed by atoms with Gasteiger partial charge in [-0.05, 0) is 77.6 Å². The summed E-state index contributed by atoms with van der Waals surface area (Å²) in [5.41, 5.74) is 2.17. The minimum Gasteiger partial charge on any atom is -0.153 e. The second kappa shape index (κ2) is 14.8. The molecule has 0 aliphatic rings. The third-order valence-electron chi connectivity index (χ3n) is 8.87. The van der Waals surface area contributed by atoms with Crippen LogP contribution < -0.4 is 0 Å². The largest absolute Gasteiger partial charge is 0.153 e. The Morgan fingerprint density at radius 2 is 1.24 bits per heavy atom. The number of benzene rings is 1. The van der Waals surface area contributed by atoms with Gasteiger partial charge in [-0.1, -0.05) is 146 Å². The molecular weight excluding hydrogens is 476 g/mol. The lowest BCUT2D eigenvalue weighted by Crippen LogP contribution is -2.24. The summed E-state index contributed by atoms with van der Waals surface area (Å²) in [6.07, 6.45) is 12.7. The summed E-state index contributed by atoms with van der Waals surface area (Å²) >= 11 is 2.14. The van der Waals surface area contributed by atoms with Crippen LogP contribution >= 0.6 is 11.8 Å². The summed E-state index contributed by atoms with van der Waals surface area (Å²) in [5, 5.41) is 0.738. The van der Waals surface area contributed by atoms with E-state index in [9.17, 15) is 0 Å². The SMILES string of the molecule is CC(CC(C)SC(C)(C)C)CC(C)C(C)C(C)CC(C)(C)/C=C\C(C)(C)CCCC(C)(C)c1ccccc1. The van der Waals surface area contributed by atoms with Crippen LogP contribution in [0.2, 0.25) is 0 Å². The number of hydrogen-bond donors (Lipinski definition) is 0. The van der Waals surface area contributed by atoms with Crippen LogP contribution in [0.15, 0.2) is 42.5 Å². The van der Waals surface area contributed by atoms with Gasteiger partial charge in [0.05, 0.1) is 0 Å². The summed E-state index contributed by atoms with van der Waals surface area (Å²) in [4.78, 5) is 0. The molecule has 1 aromatic carbocycles. The molecule has 0 fully saturated rings. The van der Waals surface area contributed by atoms with Crippen molar-refractivity contribution in [3.63, 3.8) is 0 Å². The highest BCUT2D eigenvalue weighted by molar-refractivity contribution is 8.01. The molecule has 0 radical (unpaired) electrons. The lowest BCUT2D eigenvalue weighted by molar-refractivity contribution is 0.194. The van der Waals surface area contributed by atoms with Crippen molar-refractivity contribution < 1.29 is 0 Å². The van der Waals surface area contributed by atoms with E-state index in [0.29, 0.717) is 4.75 Å². The molecule has 0 saturated heterocycles. The Kier molecular flexibility index (Phi) is 13.8. The number of thioether (sulfide) groups is 1. The summed E-state index contributed by atoms with van der Waals surface area (Å²) < 4.78 is 0.360. The van der Waals surface area contributed by atoms with Crippen LogP contribution in [0.3, 0.4) is 0 Å². The van der Waals surface area contributed by atoms with Crippen molar-refractivity contribution in [2.75, 3.05) is 0 Å². The Balaban J connectivity index is 2.58. The zero-order valence-corrected chi connectivity index (χ0v) is 28.9. The van der Waals surface area contributed by atoms with Gasteiger partial charge < -0.3 is 0 Å². The Labute approximate surface area is 244 Å². The zero-order valence-electron chi connectivity index (χ0n) is 28.1. The first-order valence-electron chi connectivity index (χ1n) is 15.7. The van der Waals surface area contributed by atoms with E-state index in [1.165, 1.54) is 44.1 Å². The molecular formula is C37H66S. The van der Waals surface area contributed by atoms with E-state index < -0.39 is 0 Å². The highest BCUT2D eigenvalue weighted by atomic mass is 32.2. The van der Waals surface area contributed by atoms with E-state index in [1.54, 1.807) is 0 Å². The van der Waals surface area contributed by atoms with Crippen molar-refractivity contribution >= 4 is 11.8 Å². The lowest BCUT2D eigenvalue weighted by atomic mass is 9.72. The number of rotatable bonds is 16. The molecule has 0 N–H and O–H groups in total. The number of hydrogen-bond acceptors (Lipinski definition) is 1. The highest BCUT2D eigenvalue weighted by Crippen LogP contribution is 2.39. The minimum absolute atomic E-state index is 0.234. The zero-order chi connectivity index (χ0) is 29.4. The van der Waals surface area contributed by atoms with Crippen molar-refractivity contribution in [3.8, 4) is 0 Å². The van der Waals surface area contributed by atoms with Crippen LogP contribution in [0.5, 0.6) is 0 Å². The maximum Gasteiger partial charge on any atom is 0.00777 e. The monoisotopic (exact) mass is 542 g/mol. The van der Waals surface area contributed by atoms with E-state index in [2.05, 4.69) is 151 Å². The van der Waals surface area contributed by atoms with Gasteiger partial charge in [0.25, 0.3) is 0 Å². The predicted molar refractivity (Wildman–Crippen MR) is 177 cm³/mol. The molecule has 0 spiro atoms. The topological polar surface area (TPSA) is 0 Å². The van der Waals surface area contributed by atoms with Gasteiger partial charge in [0.1, 0.15) is 0 Å². The fraction of sp³-hybridized carbons (Fsp3) is 0.784. The van der Waals surface area contributed by atoms with Gasteiger partial charge >= 0.3 is 0 Å². The lowest BCUT2D eigenvalue weighted by Gasteiger charge is -2.34. The van der Waals surface area contributed by atoms with Gasteiger partial charge in [0.15, 0.2) is 0 Å². The maximum atomic E-state index is 2.54. The molecule has 5 unspecified atom stereocenters. The van der Waals surface area contributed by atoms with Crippen LogP contribution in [0.1, 0.15) is 141 Å². The third-order valence-corrected chi connectivity index (χ3v) is 10.2. The first-order chi connectivity index (χ1) is 17.2. The average Bonchev–Trinajstić information content (AvgIpc) is 2.76. The molecule has 0 aliphatic carbocycles. The van der Waals surface area contributed by atoms with Gasteiger partial charge in [-0.25, -0.2) is 0 Å². The van der Waals surface area contributed by atoms with Crippen LogP contribution in [-0.4, -0.2) is 10.00 Å². The molecule has 0 nitrogen and oxygen atoms in total. The second-order valence-electron chi connectivity index (χ2n) is 16.0. The average molecular weight is 543 g/mol. The molecule has 1 rings (SSSR count). The third kappa shape index (κ3) is 14.1. The quantitative estimate of drug-likeness (QED) is 0.187. The first-order valence-corrected chi connectivity index (χ1v) is 16.5. The van der Waals surface area contributed by atoms with Crippen LogP contribution in [0, 0.1) is 34.5 Å². The summed E-state index contributed by atoms with van der Waals surface area (Å²) in [6, 6.07) is 11.0. The molecule has 5 atom stereocenters. The molecule has 0 aromatic heterocycles. The van der Waals surface area contributed by atoms with Gasteiger partial charge in [-0.3, -0.25) is 0 Å². The molecule has 38 heavy (non-hydrogen) atoms. The normalized spacial score (nSPS) is 17.8. The molecule has 0 saturated carbocycles. The van der Waals surface area contributed by atoms with E-state index in [4.69, 9.17) is 0 Å². The van der Waals surface area contributed by atoms with Crippen molar-refractivity contribution in [1.82, 2.24) is 0 Å². The van der Waals surface area contributed by atoms with E-state index in [1.807, 2.05) is 0 Å². The Bertz CT molecular complexity index is 807. The molecule has 1 heteroatoms. The van der Waals surface area contributed by atoms with Crippen molar-refractivity contribution in [2.45, 2.75) is 151 Å². The van der Waals surface area contributed by atoms with Gasteiger partial charge in [0, 0.05) is 10.00 Å². The van der Waals surface area contributed by atoms with Crippen molar-refractivity contribution in [3.05, 3.63) is 48.0 Å². The Hall–Kier alpha value is -0.690. The number of allylic oxidation sites excluding steroid dienone is 2. The smallest absolute Gasteiger partial charge is 0.00777 e. The summed E-state index contributed by atoms with van der Waals surface area (Å²) in [7, 11) is 0. The molecule has 0 bridgehead atoms. The fourth-order valence-electron chi connectivity index (χ4n) is 6.36. The van der Waals surface area contributed by atoms with Crippen molar-refractivity contribution in [1.29, 1.82) is 0 Å². The van der Waals surface area contributed by atoms with E-state index >= 15 is 0 Å².